The van der Waals surface area contributed by atoms with Gasteiger partial charge in [0.25, 0.3) is 0 Å². The Balaban J connectivity index is 2.08. The molecule has 0 N–H and O–H groups in total. The molecule has 0 fully saturated rings. The SMILES string of the molecule is Cc1ccc2c3ncccc3n3c4cc([Si](C)(C)C)cc5cc[n+](C)c(c1c23)c54. The van der Waals surface area contributed by atoms with Gasteiger partial charge in [-0.3, -0.25) is 4.98 Å². The molecule has 0 bridgehead atoms. The molecule has 6 rings (SSSR count). The van der Waals surface area contributed by atoms with E-state index in [1.54, 1.807) is 0 Å². The summed E-state index contributed by atoms with van der Waals surface area (Å²) in [6.45, 7) is 9.51. The Bertz CT molecular complexity index is 1600. The Morgan fingerprint density at radius 1 is 0.966 bits per heavy atom. The maximum atomic E-state index is 4.78. The Morgan fingerprint density at radius 2 is 1.79 bits per heavy atom. The molecular formula is C25H24N3Si+. The third-order valence-corrected chi connectivity index (χ3v) is 8.47. The molecule has 0 aliphatic rings. The van der Waals surface area contributed by atoms with E-state index in [0.29, 0.717) is 0 Å². The van der Waals surface area contributed by atoms with Gasteiger partial charge >= 0.3 is 0 Å². The number of benzene rings is 2. The van der Waals surface area contributed by atoms with Crippen LogP contribution in [0.4, 0.5) is 0 Å². The third kappa shape index (κ3) is 2.07. The molecular weight excluding hydrogens is 370 g/mol. The van der Waals surface area contributed by atoms with Gasteiger partial charge in [-0.15, -0.1) is 0 Å². The topological polar surface area (TPSA) is 21.2 Å². The Hall–Kier alpha value is -2.98. The molecule has 0 saturated carbocycles. The molecule has 0 radical (unpaired) electrons. The van der Waals surface area contributed by atoms with E-state index >= 15 is 0 Å². The summed E-state index contributed by atoms with van der Waals surface area (Å²) in [6.07, 6.45) is 4.12. The van der Waals surface area contributed by atoms with Crippen molar-refractivity contribution in [3.8, 4) is 0 Å². The summed E-state index contributed by atoms with van der Waals surface area (Å²) >= 11 is 0. The molecule has 0 saturated heterocycles. The van der Waals surface area contributed by atoms with Gasteiger partial charge in [-0.2, -0.15) is 0 Å². The minimum atomic E-state index is -1.47. The minimum absolute atomic E-state index is 1.09. The second-order valence-corrected chi connectivity index (χ2v) is 14.4. The van der Waals surface area contributed by atoms with Crippen molar-refractivity contribution in [1.29, 1.82) is 0 Å². The Morgan fingerprint density at radius 3 is 2.59 bits per heavy atom. The van der Waals surface area contributed by atoms with Crippen molar-refractivity contribution < 1.29 is 4.57 Å². The molecule has 0 spiro atoms. The van der Waals surface area contributed by atoms with Crippen LogP contribution < -0.4 is 9.75 Å². The van der Waals surface area contributed by atoms with Gasteiger partial charge in [0, 0.05) is 17.6 Å². The first kappa shape index (κ1) is 16.9. The van der Waals surface area contributed by atoms with Gasteiger partial charge in [-0.25, -0.2) is 4.57 Å². The molecule has 4 heteroatoms. The monoisotopic (exact) mass is 394 g/mol. The van der Waals surface area contributed by atoms with Gasteiger partial charge in [0.1, 0.15) is 7.05 Å². The van der Waals surface area contributed by atoms with E-state index in [1.165, 1.54) is 54.4 Å². The van der Waals surface area contributed by atoms with Crippen LogP contribution >= 0.6 is 0 Å². The quantitative estimate of drug-likeness (QED) is 0.165. The van der Waals surface area contributed by atoms with Crippen molar-refractivity contribution in [3.63, 3.8) is 0 Å². The summed E-state index contributed by atoms with van der Waals surface area (Å²) in [4.78, 5) is 4.78. The predicted molar refractivity (Wildman–Crippen MR) is 125 cm³/mol. The fourth-order valence-corrected chi connectivity index (χ4v) is 6.12. The highest BCUT2D eigenvalue weighted by Gasteiger charge is 2.26. The van der Waals surface area contributed by atoms with E-state index in [1.807, 2.05) is 6.20 Å². The number of hydrogen-bond donors (Lipinski definition) is 0. The molecule has 0 aliphatic carbocycles. The molecule has 4 heterocycles. The molecule has 0 amide bonds. The van der Waals surface area contributed by atoms with Crippen molar-refractivity contribution in [2.75, 3.05) is 0 Å². The summed E-state index contributed by atoms with van der Waals surface area (Å²) < 4.78 is 4.76. The Labute approximate surface area is 170 Å². The number of hydrogen-bond acceptors (Lipinski definition) is 1. The van der Waals surface area contributed by atoms with Crippen LogP contribution in [0, 0.1) is 6.92 Å². The predicted octanol–water partition coefficient (Wildman–Crippen LogP) is 5.06. The maximum absolute atomic E-state index is 4.78. The molecule has 0 aliphatic heterocycles. The van der Waals surface area contributed by atoms with Crippen molar-refractivity contribution in [3.05, 3.63) is 60.4 Å². The zero-order valence-electron chi connectivity index (χ0n) is 17.5. The number of aromatic nitrogens is 3. The highest BCUT2D eigenvalue weighted by atomic mass is 28.3. The van der Waals surface area contributed by atoms with Gasteiger partial charge in [0.2, 0.25) is 5.52 Å². The summed E-state index contributed by atoms with van der Waals surface area (Å²) in [5.41, 5.74) is 7.51. The average molecular weight is 395 g/mol. The normalized spacial score (nSPS) is 13.0. The lowest BCUT2D eigenvalue weighted by Crippen LogP contribution is -2.38. The van der Waals surface area contributed by atoms with E-state index in [2.05, 4.69) is 91.2 Å². The number of rotatable bonds is 1. The molecule has 0 atom stereocenters. The van der Waals surface area contributed by atoms with Crippen LogP contribution in [0.3, 0.4) is 0 Å². The molecule has 3 nitrogen and oxygen atoms in total. The first-order valence-electron chi connectivity index (χ1n) is 10.2. The van der Waals surface area contributed by atoms with Crippen LogP contribution in [-0.2, 0) is 7.05 Å². The van der Waals surface area contributed by atoms with E-state index in [4.69, 9.17) is 4.98 Å². The van der Waals surface area contributed by atoms with Crippen molar-refractivity contribution in [2.24, 2.45) is 7.05 Å². The van der Waals surface area contributed by atoms with Gasteiger partial charge in [-0.1, -0.05) is 43.0 Å². The lowest BCUT2D eigenvalue weighted by atomic mass is 10.0. The molecule has 6 aromatic rings. The smallest absolute Gasteiger partial charge is 0.224 e. The van der Waals surface area contributed by atoms with Crippen molar-refractivity contribution in [1.82, 2.24) is 9.38 Å². The summed E-state index contributed by atoms with van der Waals surface area (Å²) in [5, 5.41) is 6.75. The first-order valence-corrected chi connectivity index (χ1v) is 13.7. The molecule has 142 valence electrons. The number of nitrogens with zero attached hydrogens (tertiary/aromatic N) is 3. The first-order chi connectivity index (χ1) is 13.9. The van der Waals surface area contributed by atoms with Gasteiger partial charge in [-0.05, 0) is 36.1 Å². The van der Waals surface area contributed by atoms with Gasteiger partial charge in [0.05, 0.1) is 40.9 Å². The summed E-state index contributed by atoms with van der Waals surface area (Å²) in [6, 6.07) is 15.9. The molecule has 29 heavy (non-hydrogen) atoms. The lowest BCUT2D eigenvalue weighted by molar-refractivity contribution is -0.643. The third-order valence-electron chi connectivity index (χ3n) is 6.45. The molecule has 0 unspecified atom stereocenters. The molecule has 2 aromatic carbocycles. The molecule has 4 aromatic heterocycles. The van der Waals surface area contributed by atoms with E-state index < -0.39 is 8.07 Å². The summed E-state index contributed by atoms with van der Waals surface area (Å²) in [5.74, 6) is 0. The van der Waals surface area contributed by atoms with Crippen molar-refractivity contribution >= 4 is 62.4 Å². The highest BCUT2D eigenvalue weighted by Crippen LogP contribution is 2.39. The standard InChI is InChI=1S/C25H24N3Si/c1-15-8-9-18-23-19(7-6-11-26-23)28-20-14-17(29(3,4)5)13-16-10-12-27(2)25(22(16)20)21(15)24(18)28/h6-14H,1-5H3/q+1. The largest absolute Gasteiger partial charge is 0.306 e. The van der Waals surface area contributed by atoms with Gasteiger partial charge < -0.3 is 4.40 Å². The zero-order chi connectivity index (χ0) is 20.1. The van der Waals surface area contributed by atoms with Crippen molar-refractivity contribution in [2.45, 2.75) is 26.6 Å². The van der Waals surface area contributed by atoms with Crippen LogP contribution in [0.5, 0.6) is 0 Å². The lowest BCUT2D eigenvalue weighted by Gasteiger charge is -2.20. The minimum Gasteiger partial charge on any atom is -0.306 e. The van der Waals surface area contributed by atoms with Gasteiger partial charge in [0.15, 0.2) is 6.20 Å². The number of aryl methyl sites for hydroxylation is 2. The van der Waals surface area contributed by atoms with Crippen LogP contribution in [0.15, 0.2) is 54.9 Å². The average Bonchev–Trinajstić information content (AvgIpc) is 3.02. The van der Waals surface area contributed by atoms with Crippen LogP contribution in [0.2, 0.25) is 19.6 Å². The van der Waals surface area contributed by atoms with Crippen LogP contribution in [0.25, 0.3) is 49.1 Å². The van der Waals surface area contributed by atoms with Crippen LogP contribution in [-0.4, -0.2) is 17.5 Å². The highest BCUT2D eigenvalue weighted by molar-refractivity contribution is 6.89. The van der Waals surface area contributed by atoms with E-state index in [0.717, 1.165) is 5.52 Å². The second kappa shape index (κ2) is 5.33. The maximum Gasteiger partial charge on any atom is 0.224 e. The van der Waals surface area contributed by atoms with E-state index in [-0.39, 0.29) is 0 Å². The Kier molecular flexibility index (Phi) is 3.11. The zero-order valence-corrected chi connectivity index (χ0v) is 18.5. The fourth-order valence-electron chi connectivity index (χ4n) is 4.96. The second-order valence-electron chi connectivity index (χ2n) is 9.35. The number of pyridine rings is 3. The summed E-state index contributed by atoms with van der Waals surface area (Å²) in [7, 11) is 0.693. The van der Waals surface area contributed by atoms with Crippen LogP contribution in [0.1, 0.15) is 5.56 Å². The number of fused-ring (bicyclic) bond motifs is 5. The fraction of sp³-hybridized carbons (Fsp3) is 0.200. The van der Waals surface area contributed by atoms with E-state index in [9.17, 15) is 0 Å².